The molecule has 2 aromatic rings. The number of esters is 2. The summed E-state index contributed by atoms with van der Waals surface area (Å²) in [5.74, 6) is -1.77. The van der Waals surface area contributed by atoms with Crippen molar-refractivity contribution in [2.24, 2.45) is 0 Å². The average molecular weight is 447 g/mol. The molecule has 1 aliphatic carbocycles. The molecular formula is C26H25NO6. The summed E-state index contributed by atoms with van der Waals surface area (Å²) in [6.45, 7) is 11.4. The number of fused-ring (bicyclic) bond motifs is 2. The third kappa shape index (κ3) is 4.92. The fourth-order valence-electron chi connectivity index (χ4n) is 3.38. The first-order valence-electron chi connectivity index (χ1n) is 10.3. The van der Waals surface area contributed by atoms with Crippen molar-refractivity contribution in [3.63, 3.8) is 0 Å². The van der Waals surface area contributed by atoms with Crippen LogP contribution in [0, 0.1) is 0 Å². The molecule has 3 rings (SSSR count). The number of anilines is 1. The molecule has 0 bridgehead atoms. The molecule has 0 heterocycles. The number of ketones is 2. The van der Waals surface area contributed by atoms with Gasteiger partial charge < -0.3 is 14.8 Å². The highest BCUT2D eigenvalue weighted by Gasteiger charge is 2.35. The quantitative estimate of drug-likeness (QED) is 0.413. The van der Waals surface area contributed by atoms with Gasteiger partial charge in [0.2, 0.25) is 0 Å². The highest BCUT2D eigenvalue weighted by atomic mass is 16.5. The molecule has 0 spiro atoms. The molecule has 7 nitrogen and oxygen atoms in total. The van der Waals surface area contributed by atoms with E-state index in [4.69, 9.17) is 9.47 Å². The van der Waals surface area contributed by atoms with Crippen LogP contribution in [0.3, 0.4) is 0 Å². The Labute approximate surface area is 192 Å². The normalized spacial score (nSPS) is 12.3. The van der Waals surface area contributed by atoms with Crippen LogP contribution >= 0.6 is 0 Å². The van der Waals surface area contributed by atoms with E-state index in [-0.39, 0.29) is 47.1 Å². The van der Waals surface area contributed by atoms with Crippen LogP contribution in [0.5, 0.6) is 0 Å². The molecule has 33 heavy (non-hydrogen) atoms. The lowest BCUT2D eigenvalue weighted by Gasteiger charge is -2.32. The van der Waals surface area contributed by atoms with Gasteiger partial charge in [-0.3, -0.25) is 9.59 Å². The SMILES string of the molecule is C=C(C)C(=O)OCC(C)(COC(=O)C(=C)C)Nc1cccc2c1C(=O)c1ccccc1C2=O. The largest absolute Gasteiger partial charge is 0.460 e. The molecule has 0 fully saturated rings. The summed E-state index contributed by atoms with van der Waals surface area (Å²) in [6, 6.07) is 11.5. The summed E-state index contributed by atoms with van der Waals surface area (Å²) in [7, 11) is 0. The second kappa shape index (κ2) is 9.24. The van der Waals surface area contributed by atoms with Crippen LogP contribution < -0.4 is 5.32 Å². The van der Waals surface area contributed by atoms with Crippen LogP contribution in [0.1, 0.15) is 52.6 Å². The van der Waals surface area contributed by atoms with Gasteiger partial charge in [-0.15, -0.1) is 0 Å². The second-order valence-corrected chi connectivity index (χ2v) is 8.33. The van der Waals surface area contributed by atoms with Crippen LogP contribution in [0.2, 0.25) is 0 Å². The Kier molecular flexibility index (Phi) is 6.62. The highest BCUT2D eigenvalue weighted by molar-refractivity contribution is 6.30. The lowest BCUT2D eigenvalue weighted by molar-refractivity contribution is -0.144. The Morgan fingerprint density at radius 1 is 0.818 bits per heavy atom. The standard InChI is InChI=1S/C26H25NO6/c1-15(2)24(30)32-13-26(5,14-33-25(31)16(3)4)27-20-12-8-11-19-21(20)23(29)18-10-7-6-9-17(18)22(19)28/h6-12,27H,1,3,13-14H2,2,4-5H3. The van der Waals surface area contributed by atoms with Gasteiger partial charge in [0.1, 0.15) is 18.8 Å². The van der Waals surface area contributed by atoms with Gasteiger partial charge in [0.25, 0.3) is 0 Å². The second-order valence-electron chi connectivity index (χ2n) is 8.33. The van der Waals surface area contributed by atoms with Crippen molar-refractivity contribution in [1.82, 2.24) is 0 Å². The van der Waals surface area contributed by atoms with Crippen molar-refractivity contribution in [2.75, 3.05) is 18.5 Å². The Balaban J connectivity index is 1.97. The van der Waals surface area contributed by atoms with Gasteiger partial charge in [-0.1, -0.05) is 49.6 Å². The third-order valence-corrected chi connectivity index (χ3v) is 5.13. The van der Waals surface area contributed by atoms with E-state index in [2.05, 4.69) is 18.5 Å². The van der Waals surface area contributed by atoms with Crippen molar-refractivity contribution in [3.05, 3.63) is 89.0 Å². The van der Waals surface area contributed by atoms with E-state index >= 15 is 0 Å². The van der Waals surface area contributed by atoms with E-state index in [1.807, 2.05) is 0 Å². The molecule has 0 saturated carbocycles. The Morgan fingerprint density at radius 3 is 1.82 bits per heavy atom. The number of hydrogen-bond donors (Lipinski definition) is 1. The van der Waals surface area contributed by atoms with Crippen molar-refractivity contribution >= 4 is 29.2 Å². The molecule has 0 amide bonds. The van der Waals surface area contributed by atoms with Gasteiger partial charge in [-0.25, -0.2) is 9.59 Å². The predicted molar refractivity (Wildman–Crippen MR) is 123 cm³/mol. The van der Waals surface area contributed by atoms with Crippen LogP contribution in [-0.2, 0) is 19.1 Å². The number of hydrogen-bond acceptors (Lipinski definition) is 7. The predicted octanol–water partition coefficient (Wildman–Crippen LogP) is 3.87. The number of carbonyl (C=O) groups excluding carboxylic acids is 4. The minimum absolute atomic E-state index is 0.190. The van der Waals surface area contributed by atoms with Gasteiger partial charge in [0, 0.05) is 33.5 Å². The van der Waals surface area contributed by atoms with Gasteiger partial charge in [-0.05, 0) is 26.8 Å². The molecular weight excluding hydrogens is 422 g/mol. The molecule has 2 aromatic carbocycles. The first-order valence-corrected chi connectivity index (χ1v) is 10.3. The van der Waals surface area contributed by atoms with Gasteiger partial charge >= 0.3 is 11.9 Å². The smallest absolute Gasteiger partial charge is 0.333 e. The monoisotopic (exact) mass is 447 g/mol. The molecule has 0 radical (unpaired) electrons. The van der Waals surface area contributed by atoms with Crippen molar-refractivity contribution in [2.45, 2.75) is 26.3 Å². The summed E-state index contributed by atoms with van der Waals surface area (Å²) in [6.07, 6.45) is 0. The zero-order chi connectivity index (χ0) is 24.3. The van der Waals surface area contributed by atoms with Crippen molar-refractivity contribution in [1.29, 1.82) is 0 Å². The van der Waals surface area contributed by atoms with E-state index in [9.17, 15) is 19.2 Å². The third-order valence-electron chi connectivity index (χ3n) is 5.13. The molecule has 1 aliphatic rings. The topological polar surface area (TPSA) is 98.8 Å². The van der Waals surface area contributed by atoms with Crippen molar-refractivity contribution < 1.29 is 28.7 Å². The first-order chi connectivity index (χ1) is 15.5. The zero-order valence-corrected chi connectivity index (χ0v) is 18.8. The van der Waals surface area contributed by atoms with Gasteiger partial charge in [0.15, 0.2) is 11.6 Å². The Bertz CT molecular complexity index is 1160. The van der Waals surface area contributed by atoms with E-state index < -0.39 is 17.5 Å². The minimum atomic E-state index is -1.12. The van der Waals surface area contributed by atoms with Crippen LogP contribution in [0.4, 0.5) is 5.69 Å². The van der Waals surface area contributed by atoms with Crippen LogP contribution in [-0.4, -0.2) is 42.3 Å². The Morgan fingerprint density at radius 2 is 1.30 bits per heavy atom. The maximum atomic E-state index is 13.3. The summed E-state index contributed by atoms with van der Waals surface area (Å²) < 4.78 is 10.6. The number of carbonyl (C=O) groups is 4. The van der Waals surface area contributed by atoms with E-state index in [1.54, 1.807) is 49.4 Å². The molecule has 0 unspecified atom stereocenters. The number of nitrogens with one attached hydrogen (secondary N) is 1. The first kappa shape index (κ1) is 23.7. The zero-order valence-electron chi connectivity index (χ0n) is 18.8. The summed E-state index contributed by atoms with van der Waals surface area (Å²) in [5.41, 5.74) is 0.811. The van der Waals surface area contributed by atoms with E-state index in [0.717, 1.165) is 0 Å². The minimum Gasteiger partial charge on any atom is -0.460 e. The maximum Gasteiger partial charge on any atom is 0.333 e. The highest BCUT2D eigenvalue weighted by Crippen LogP contribution is 2.33. The molecule has 1 N–H and O–H groups in total. The van der Waals surface area contributed by atoms with Gasteiger partial charge in [-0.2, -0.15) is 0 Å². The molecule has 170 valence electrons. The molecule has 0 saturated heterocycles. The lowest BCUT2D eigenvalue weighted by atomic mass is 9.83. The van der Waals surface area contributed by atoms with Crippen molar-refractivity contribution in [3.8, 4) is 0 Å². The van der Waals surface area contributed by atoms with Crippen LogP contribution in [0.15, 0.2) is 66.8 Å². The fourth-order valence-corrected chi connectivity index (χ4v) is 3.38. The van der Waals surface area contributed by atoms with Gasteiger partial charge in [0.05, 0.1) is 5.56 Å². The molecule has 7 heteroatoms. The van der Waals surface area contributed by atoms with Crippen LogP contribution in [0.25, 0.3) is 0 Å². The fraction of sp³-hybridized carbons (Fsp3) is 0.231. The van der Waals surface area contributed by atoms with E-state index in [0.29, 0.717) is 16.8 Å². The molecule has 0 aliphatic heterocycles. The molecule has 0 aromatic heterocycles. The number of rotatable bonds is 8. The lowest BCUT2D eigenvalue weighted by Crippen LogP contribution is -2.46. The summed E-state index contributed by atoms with van der Waals surface area (Å²) >= 11 is 0. The molecule has 0 atom stereocenters. The maximum absolute atomic E-state index is 13.3. The number of benzene rings is 2. The summed E-state index contributed by atoms with van der Waals surface area (Å²) in [4.78, 5) is 50.3. The average Bonchev–Trinajstić information content (AvgIpc) is 2.79. The van der Waals surface area contributed by atoms with E-state index in [1.165, 1.54) is 13.8 Å². The Hall–Kier alpha value is -4.00. The number of ether oxygens (including phenoxy) is 2. The summed E-state index contributed by atoms with van der Waals surface area (Å²) in [5, 5.41) is 3.17.